The molecule has 0 aromatic heterocycles. The van der Waals surface area contributed by atoms with E-state index in [2.05, 4.69) is 6.92 Å². The Bertz CT molecular complexity index is 1190. The third-order valence-electron chi connectivity index (χ3n) is 6.92. The molecule has 1 atom stereocenters. The smallest absolute Gasteiger partial charge is 0.343 e. The van der Waals surface area contributed by atoms with E-state index < -0.39 is 17.3 Å². The van der Waals surface area contributed by atoms with Crippen LogP contribution < -0.4 is 23.8 Å². The van der Waals surface area contributed by atoms with Gasteiger partial charge in [0, 0.05) is 11.1 Å². The number of rotatable bonds is 5. The van der Waals surface area contributed by atoms with Gasteiger partial charge in [0.05, 0.1) is 45.8 Å². The van der Waals surface area contributed by atoms with Crippen molar-refractivity contribution < 1.29 is 38.0 Å². The maximum absolute atomic E-state index is 13.6. The highest BCUT2D eigenvalue weighted by molar-refractivity contribution is 6.09. The highest BCUT2D eigenvalue weighted by Gasteiger charge is 2.61. The molecule has 0 unspecified atom stereocenters. The van der Waals surface area contributed by atoms with E-state index in [9.17, 15) is 9.59 Å². The average Bonchev–Trinajstić information content (AvgIpc) is 3.41. The van der Waals surface area contributed by atoms with E-state index in [-0.39, 0.29) is 17.4 Å². The molecule has 0 saturated carbocycles. The Kier molecular flexibility index (Phi) is 5.45. The van der Waals surface area contributed by atoms with Gasteiger partial charge in [-0.15, -0.1) is 0 Å². The Morgan fingerprint density at radius 3 is 2.20 bits per heavy atom. The molecule has 35 heavy (non-hydrogen) atoms. The van der Waals surface area contributed by atoms with Crippen LogP contribution >= 0.6 is 0 Å². The quantitative estimate of drug-likeness (QED) is 0.469. The van der Waals surface area contributed by atoms with Gasteiger partial charge in [0.25, 0.3) is 11.7 Å². The Hall–Kier alpha value is -3.30. The topological polar surface area (TPSA) is 92.8 Å². The zero-order valence-corrected chi connectivity index (χ0v) is 20.7. The van der Waals surface area contributed by atoms with Gasteiger partial charge in [-0.25, -0.2) is 4.79 Å². The number of fused-ring (bicyclic) bond motifs is 1. The van der Waals surface area contributed by atoms with Crippen LogP contribution in [0.15, 0.2) is 24.3 Å². The van der Waals surface area contributed by atoms with Crippen molar-refractivity contribution in [2.75, 3.05) is 39.4 Å². The number of hydrogen-bond donors (Lipinski definition) is 0. The molecular weight excluding hydrogens is 454 g/mol. The third kappa shape index (κ3) is 3.36. The summed E-state index contributed by atoms with van der Waals surface area (Å²) in [7, 11) is 4.44. The molecule has 186 valence electrons. The molecule has 0 aliphatic carbocycles. The molecule has 1 fully saturated rings. The molecule has 3 aliphatic rings. The molecule has 9 heteroatoms. The lowest BCUT2D eigenvalue weighted by molar-refractivity contribution is -0.181. The Morgan fingerprint density at radius 1 is 1.00 bits per heavy atom. The van der Waals surface area contributed by atoms with Crippen LogP contribution in [0.1, 0.15) is 54.6 Å². The maximum Gasteiger partial charge on any atom is 0.343 e. The number of carbonyl (C=O) groups excluding carboxylic acids is 2. The summed E-state index contributed by atoms with van der Waals surface area (Å²) >= 11 is 0. The van der Waals surface area contributed by atoms with Crippen molar-refractivity contribution >= 4 is 17.6 Å². The second-order valence-electron chi connectivity index (χ2n) is 9.58. The lowest BCUT2D eigenvalue weighted by Crippen LogP contribution is -2.53. The van der Waals surface area contributed by atoms with Crippen molar-refractivity contribution in [3.8, 4) is 23.0 Å². The molecule has 3 aliphatic heterocycles. The van der Waals surface area contributed by atoms with E-state index in [1.165, 1.54) is 33.5 Å². The lowest BCUT2D eigenvalue weighted by atomic mass is 9.80. The van der Waals surface area contributed by atoms with Gasteiger partial charge >= 0.3 is 5.97 Å². The molecule has 5 rings (SSSR count). The number of anilines is 1. The highest BCUT2D eigenvalue weighted by Crippen LogP contribution is 2.56. The molecule has 0 N–H and O–H groups in total. The van der Waals surface area contributed by atoms with Crippen LogP contribution in [-0.4, -0.2) is 52.0 Å². The Labute approximate surface area is 203 Å². The summed E-state index contributed by atoms with van der Waals surface area (Å²) < 4.78 is 33.7. The molecule has 2 aromatic rings. The molecule has 1 saturated heterocycles. The monoisotopic (exact) mass is 483 g/mol. The Morgan fingerprint density at radius 2 is 1.63 bits per heavy atom. The number of methoxy groups -OCH3 is 3. The molecule has 3 heterocycles. The van der Waals surface area contributed by atoms with Gasteiger partial charge < -0.3 is 33.3 Å². The minimum Gasteiger partial charge on any atom is -0.493 e. The normalized spacial score (nSPS) is 21.1. The molecule has 1 spiro atoms. The number of amides is 1. The second-order valence-corrected chi connectivity index (χ2v) is 9.58. The van der Waals surface area contributed by atoms with Crippen molar-refractivity contribution in [2.24, 2.45) is 0 Å². The van der Waals surface area contributed by atoms with Crippen molar-refractivity contribution in [1.82, 2.24) is 0 Å². The van der Waals surface area contributed by atoms with E-state index in [1.807, 2.05) is 19.9 Å². The standard InChI is InChI=1S/C26H29NO8/c1-14-13-25(2,3)27-21-17(14)11-16(12-18(21)26(24(27)29)33-7-8-34-26)35-23(28)15-9-19(30-4)22(32-6)20(10-15)31-5/h9-12,14H,7-8,13H2,1-6H3/t14-/m1/s1. The highest BCUT2D eigenvalue weighted by atomic mass is 16.7. The average molecular weight is 484 g/mol. The van der Waals surface area contributed by atoms with Crippen LogP contribution in [0, 0.1) is 0 Å². The second kappa shape index (κ2) is 8.13. The maximum atomic E-state index is 13.6. The van der Waals surface area contributed by atoms with Gasteiger partial charge in [-0.05, 0) is 56.0 Å². The van der Waals surface area contributed by atoms with Crippen molar-refractivity contribution in [3.05, 3.63) is 41.0 Å². The van der Waals surface area contributed by atoms with E-state index in [1.54, 1.807) is 11.0 Å². The van der Waals surface area contributed by atoms with Crippen LogP contribution in [-0.2, 0) is 20.1 Å². The minimum atomic E-state index is -1.51. The predicted octanol–water partition coefficient (Wildman–Crippen LogP) is 3.76. The van der Waals surface area contributed by atoms with Crippen LogP contribution in [0.4, 0.5) is 5.69 Å². The van der Waals surface area contributed by atoms with E-state index >= 15 is 0 Å². The van der Waals surface area contributed by atoms with Gasteiger partial charge in [-0.3, -0.25) is 4.79 Å². The zero-order chi connectivity index (χ0) is 25.1. The summed E-state index contributed by atoms with van der Waals surface area (Å²) in [6.07, 6.45) is 0.742. The van der Waals surface area contributed by atoms with Crippen molar-refractivity contribution in [3.63, 3.8) is 0 Å². The number of ether oxygens (including phenoxy) is 6. The fourth-order valence-electron chi connectivity index (χ4n) is 5.51. The molecule has 1 amide bonds. The summed E-state index contributed by atoms with van der Waals surface area (Å²) in [5, 5.41) is 0. The lowest BCUT2D eigenvalue weighted by Gasteiger charge is -2.43. The number of hydrogen-bond acceptors (Lipinski definition) is 8. The molecule has 0 bridgehead atoms. The molecule has 9 nitrogen and oxygen atoms in total. The van der Waals surface area contributed by atoms with E-state index in [0.717, 1.165) is 17.7 Å². The van der Waals surface area contributed by atoms with Crippen LogP contribution in [0.25, 0.3) is 0 Å². The van der Waals surface area contributed by atoms with Gasteiger partial charge in [0.1, 0.15) is 5.75 Å². The van der Waals surface area contributed by atoms with Crippen molar-refractivity contribution in [1.29, 1.82) is 0 Å². The summed E-state index contributed by atoms with van der Waals surface area (Å²) in [6.45, 7) is 6.80. The first kappa shape index (κ1) is 23.4. The molecular formula is C26H29NO8. The SMILES string of the molecule is COc1cc(C(=O)Oc2cc3c4c(c2)C2(OCCO2)C(=O)N4C(C)(C)C[C@H]3C)cc(OC)c1OC. The van der Waals surface area contributed by atoms with Crippen LogP contribution in [0.3, 0.4) is 0 Å². The van der Waals surface area contributed by atoms with E-state index in [4.69, 9.17) is 28.4 Å². The number of esters is 1. The minimum absolute atomic E-state index is 0.124. The van der Waals surface area contributed by atoms with Gasteiger partial charge in [0.2, 0.25) is 5.75 Å². The molecule has 2 aromatic carbocycles. The summed E-state index contributed by atoms with van der Waals surface area (Å²) in [4.78, 5) is 28.6. The van der Waals surface area contributed by atoms with Gasteiger partial charge in [-0.1, -0.05) is 6.92 Å². The zero-order valence-electron chi connectivity index (χ0n) is 20.7. The van der Waals surface area contributed by atoms with Crippen LogP contribution in [0.2, 0.25) is 0 Å². The fourth-order valence-corrected chi connectivity index (χ4v) is 5.51. The summed E-state index contributed by atoms with van der Waals surface area (Å²) in [5.41, 5.74) is 2.09. The first-order valence-corrected chi connectivity index (χ1v) is 11.5. The first-order valence-electron chi connectivity index (χ1n) is 11.5. The van der Waals surface area contributed by atoms with Crippen molar-refractivity contribution in [2.45, 2.75) is 44.4 Å². The van der Waals surface area contributed by atoms with E-state index in [0.29, 0.717) is 41.8 Å². The third-order valence-corrected chi connectivity index (χ3v) is 6.92. The number of benzene rings is 2. The summed E-state index contributed by atoms with van der Waals surface area (Å²) in [5.74, 6) is -0.879. The predicted molar refractivity (Wildman–Crippen MR) is 126 cm³/mol. The van der Waals surface area contributed by atoms with Gasteiger partial charge in [0.15, 0.2) is 11.5 Å². The number of nitrogens with zero attached hydrogens (tertiary/aromatic N) is 1. The van der Waals surface area contributed by atoms with Gasteiger partial charge in [-0.2, -0.15) is 0 Å². The number of carbonyl (C=O) groups is 2. The largest absolute Gasteiger partial charge is 0.493 e. The van der Waals surface area contributed by atoms with Crippen LogP contribution in [0.5, 0.6) is 23.0 Å². The first-order chi connectivity index (χ1) is 16.7. The fraction of sp³-hybridized carbons (Fsp3) is 0.462. The Balaban J connectivity index is 1.58. The molecule has 0 radical (unpaired) electrons. The summed E-state index contributed by atoms with van der Waals surface area (Å²) in [6, 6.07) is 6.55.